The fraction of sp³-hybridized carbons (Fsp3) is 0.120. The van der Waals surface area contributed by atoms with Crippen LogP contribution in [0.25, 0.3) is 6.08 Å². The van der Waals surface area contributed by atoms with E-state index in [0.717, 1.165) is 6.42 Å². The van der Waals surface area contributed by atoms with Gasteiger partial charge in [0.1, 0.15) is 29.8 Å². The number of amides is 1. The van der Waals surface area contributed by atoms with Gasteiger partial charge < -0.3 is 10.1 Å². The number of ether oxygens (including phenoxy) is 1. The van der Waals surface area contributed by atoms with Gasteiger partial charge in [-0.15, -0.1) is 0 Å². The molecule has 30 heavy (non-hydrogen) atoms. The predicted molar refractivity (Wildman–Crippen MR) is 115 cm³/mol. The van der Waals surface area contributed by atoms with Crippen LogP contribution in [0, 0.1) is 17.1 Å². The van der Waals surface area contributed by atoms with Gasteiger partial charge in [0.05, 0.1) is 0 Å². The van der Waals surface area contributed by atoms with Crippen molar-refractivity contribution in [3.05, 3.63) is 101 Å². The van der Waals surface area contributed by atoms with Gasteiger partial charge in [-0.3, -0.25) is 4.79 Å². The highest BCUT2D eigenvalue weighted by atomic mass is 19.1. The van der Waals surface area contributed by atoms with E-state index >= 15 is 0 Å². The second-order valence-electron chi connectivity index (χ2n) is 6.67. The first-order valence-corrected chi connectivity index (χ1v) is 9.57. The maximum atomic E-state index is 13.3. The van der Waals surface area contributed by atoms with Crippen molar-refractivity contribution in [1.29, 1.82) is 5.26 Å². The van der Waals surface area contributed by atoms with Crippen molar-refractivity contribution in [2.24, 2.45) is 0 Å². The predicted octanol–water partition coefficient (Wildman–Crippen LogP) is 5.51. The van der Waals surface area contributed by atoms with E-state index in [-0.39, 0.29) is 18.0 Å². The van der Waals surface area contributed by atoms with Gasteiger partial charge >= 0.3 is 0 Å². The number of aryl methyl sites for hydroxylation is 1. The number of carbonyl (C=O) groups is 1. The molecule has 1 N–H and O–H groups in total. The number of anilines is 1. The molecule has 3 rings (SSSR count). The van der Waals surface area contributed by atoms with E-state index < -0.39 is 5.91 Å². The molecule has 4 nitrogen and oxygen atoms in total. The summed E-state index contributed by atoms with van der Waals surface area (Å²) < 4.78 is 19.0. The lowest BCUT2D eigenvalue weighted by atomic mass is 10.1. The summed E-state index contributed by atoms with van der Waals surface area (Å²) in [6.07, 6.45) is 2.42. The van der Waals surface area contributed by atoms with Crippen LogP contribution in [-0.4, -0.2) is 5.91 Å². The molecule has 0 heterocycles. The van der Waals surface area contributed by atoms with E-state index in [1.165, 1.54) is 23.8 Å². The molecule has 0 atom stereocenters. The molecule has 0 aliphatic carbocycles. The molecule has 150 valence electrons. The first-order chi connectivity index (χ1) is 14.6. The number of nitrogens with one attached hydrogen (secondary N) is 1. The smallest absolute Gasteiger partial charge is 0.266 e. The van der Waals surface area contributed by atoms with Crippen molar-refractivity contribution >= 4 is 17.7 Å². The molecule has 0 bridgehead atoms. The normalized spacial score (nSPS) is 10.9. The Labute approximate surface area is 175 Å². The van der Waals surface area contributed by atoms with Crippen molar-refractivity contribution in [2.45, 2.75) is 20.0 Å². The zero-order valence-corrected chi connectivity index (χ0v) is 16.6. The Hall–Kier alpha value is -3.91. The molecule has 0 unspecified atom stereocenters. The number of halogens is 1. The van der Waals surface area contributed by atoms with Crippen molar-refractivity contribution < 1.29 is 13.9 Å². The average molecular weight is 400 g/mol. The molecular weight excluding hydrogens is 379 g/mol. The van der Waals surface area contributed by atoms with Crippen LogP contribution in [0.2, 0.25) is 0 Å². The summed E-state index contributed by atoms with van der Waals surface area (Å²) in [5.41, 5.74) is 3.14. The van der Waals surface area contributed by atoms with Gasteiger partial charge in [-0.1, -0.05) is 43.3 Å². The van der Waals surface area contributed by atoms with Crippen molar-refractivity contribution in [3.8, 4) is 11.8 Å². The van der Waals surface area contributed by atoms with E-state index in [0.29, 0.717) is 22.6 Å². The molecule has 0 radical (unpaired) electrons. The van der Waals surface area contributed by atoms with Gasteiger partial charge in [-0.25, -0.2) is 4.39 Å². The standard InChI is InChI=1S/C25H21FN2O2/c1-2-18-9-11-23(12-10-18)28-25(29)21(16-27)13-19-5-4-8-24(15-19)30-17-20-6-3-7-22(26)14-20/h3-15H,2,17H2,1H3,(H,28,29)/b21-13-. The quantitative estimate of drug-likeness (QED) is 0.420. The molecule has 1 amide bonds. The first kappa shape index (κ1) is 20.8. The Morgan fingerprint density at radius 3 is 2.53 bits per heavy atom. The molecule has 0 saturated heterocycles. The van der Waals surface area contributed by atoms with Crippen LogP contribution in [0.4, 0.5) is 10.1 Å². The molecule has 0 aliphatic rings. The van der Waals surface area contributed by atoms with E-state index in [4.69, 9.17) is 4.74 Å². The molecule has 0 aliphatic heterocycles. The second-order valence-corrected chi connectivity index (χ2v) is 6.67. The third-order valence-corrected chi connectivity index (χ3v) is 4.45. The minimum absolute atomic E-state index is 0.0168. The summed E-state index contributed by atoms with van der Waals surface area (Å²) in [4.78, 5) is 12.5. The summed E-state index contributed by atoms with van der Waals surface area (Å²) in [5, 5.41) is 12.2. The van der Waals surface area contributed by atoms with Crippen LogP contribution in [-0.2, 0) is 17.8 Å². The SMILES string of the molecule is CCc1ccc(NC(=O)/C(C#N)=C\c2cccc(OCc3cccc(F)c3)c2)cc1. The Balaban J connectivity index is 1.69. The number of carbonyl (C=O) groups excluding carboxylic acids is 1. The Bertz CT molecular complexity index is 1100. The summed E-state index contributed by atoms with van der Waals surface area (Å²) in [6, 6.07) is 22.7. The molecule has 0 fully saturated rings. The zero-order chi connectivity index (χ0) is 21.3. The lowest BCUT2D eigenvalue weighted by Gasteiger charge is -2.08. The summed E-state index contributed by atoms with van der Waals surface area (Å²) >= 11 is 0. The van der Waals surface area contributed by atoms with Crippen LogP contribution in [0.5, 0.6) is 5.75 Å². The number of rotatable bonds is 7. The zero-order valence-electron chi connectivity index (χ0n) is 16.6. The lowest BCUT2D eigenvalue weighted by Crippen LogP contribution is -2.13. The van der Waals surface area contributed by atoms with Crippen LogP contribution < -0.4 is 10.1 Å². The molecule has 5 heteroatoms. The molecule has 3 aromatic carbocycles. The number of nitrogens with zero attached hydrogens (tertiary/aromatic N) is 1. The number of hydrogen-bond donors (Lipinski definition) is 1. The van der Waals surface area contributed by atoms with Crippen LogP contribution >= 0.6 is 0 Å². The van der Waals surface area contributed by atoms with E-state index in [9.17, 15) is 14.4 Å². The largest absolute Gasteiger partial charge is 0.489 e. The Morgan fingerprint density at radius 1 is 1.07 bits per heavy atom. The van der Waals surface area contributed by atoms with Crippen molar-refractivity contribution in [3.63, 3.8) is 0 Å². The molecular formula is C25H21FN2O2. The minimum atomic E-state index is -0.479. The summed E-state index contributed by atoms with van der Waals surface area (Å²) in [5.74, 6) is -0.240. The highest BCUT2D eigenvalue weighted by Gasteiger charge is 2.10. The maximum Gasteiger partial charge on any atom is 0.266 e. The van der Waals surface area contributed by atoms with Gasteiger partial charge in [0.2, 0.25) is 0 Å². The van der Waals surface area contributed by atoms with Crippen LogP contribution in [0.1, 0.15) is 23.6 Å². The first-order valence-electron chi connectivity index (χ1n) is 9.57. The highest BCUT2D eigenvalue weighted by molar-refractivity contribution is 6.09. The van der Waals surface area contributed by atoms with E-state index in [2.05, 4.69) is 12.2 Å². The second kappa shape index (κ2) is 10.0. The third kappa shape index (κ3) is 5.79. The number of hydrogen-bond acceptors (Lipinski definition) is 3. The van der Waals surface area contributed by atoms with Gasteiger partial charge in [0.15, 0.2) is 0 Å². The maximum absolute atomic E-state index is 13.3. The van der Waals surface area contributed by atoms with Gasteiger partial charge in [-0.2, -0.15) is 5.26 Å². The third-order valence-electron chi connectivity index (χ3n) is 4.45. The fourth-order valence-corrected chi connectivity index (χ4v) is 2.83. The van der Waals surface area contributed by atoms with Crippen molar-refractivity contribution in [2.75, 3.05) is 5.32 Å². The van der Waals surface area contributed by atoms with Crippen molar-refractivity contribution in [1.82, 2.24) is 0 Å². The summed E-state index contributed by atoms with van der Waals surface area (Å²) in [7, 11) is 0. The minimum Gasteiger partial charge on any atom is -0.489 e. The highest BCUT2D eigenvalue weighted by Crippen LogP contribution is 2.18. The fourth-order valence-electron chi connectivity index (χ4n) is 2.83. The topological polar surface area (TPSA) is 62.1 Å². The Kier molecular flexibility index (Phi) is 6.96. The summed E-state index contributed by atoms with van der Waals surface area (Å²) in [6.45, 7) is 2.27. The number of nitriles is 1. The molecule has 0 saturated carbocycles. The molecule has 3 aromatic rings. The molecule has 0 spiro atoms. The van der Waals surface area contributed by atoms with Crippen LogP contribution in [0.15, 0.2) is 78.4 Å². The van der Waals surface area contributed by atoms with Gasteiger partial charge in [0, 0.05) is 5.69 Å². The van der Waals surface area contributed by atoms with Crippen LogP contribution in [0.3, 0.4) is 0 Å². The average Bonchev–Trinajstić information content (AvgIpc) is 2.77. The van der Waals surface area contributed by atoms with E-state index in [1.54, 1.807) is 36.4 Å². The molecule has 0 aromatic heterocycles. The monoisotopic (exact) mass is 400 g/mol. The lowest BCUT2D eigenvalue weighted by molar-refractivity contribution is -0.112. The van der Waals surface area contributed by atoms with Gasteiger partial charge in [-0.05, 0) is 65.6 Å². The van der Waals surface area contributed by atoms with E-state index in [1.807, 2.05) is 30.3 Å². The number of benzene rings is 3. The Morgan fingerprint density at radius 2 is 1.83 bits per heavy atom. The van der Waals surface area contributed by atoms with Gasteiger partial charge in [0.25, 0.3) is 5.91 Å².